The predicted molar refractivity (Wildman–Crippen MR) is 97.8 cm³/mol. The first-order valence-electron chi connectivity index (χ1n) is 8.78. The molecule has 0 radical (unpaired) electrons. The zero-order valence-electron chi connectivity index (χ0n) is 15.1. The zero-order chi connectivity index (χ0) is 18.1. The molecule has 25 heavy (non-hydrogen) atoms. The van der Waals surface area contributed by atoms with Gasteiger partial charge in [0, 0.05) is 17.0 Å². The summed E-state index contributed by atoms with van der Waals surface area (Å²) in [6.45, 7) is 8.27. The van der Waals surface area contributed by atoms with E-state index in [0.717, 1.165) is 28.6 Å². The van der Waals surface area contributed by atoms with Gasteiger partial charge in [-0.15, -0.1) is 0 Å². The molecule has 0 aliphatic rings. The van der Waals surface area contributed by atoms with Crippen LogP contribution in [0.1, 0.15) is 62.8 Å². The molecule has 0 saturated heterocycles. The predicted octanol–water partition coefficient (Wildman–Crippen LogP) is 6.14. The minimum Gasteiger partial charge on any atom is -0.343 e. The number of aromatic nitrogens is 2. The molecule has 0 saturated carbocycles. The van der Waals surface area contributed by atoms with Crippen molar-refractivity contribution >= 4 is 11.0 Å². The first-order valence-corrected chi connectivity index (χ1v) is 8.78. The lowest BCUT2D eigenvalue weighted by atomic mass is 9.86. The van der Waals surface area contributed by atoms with Crippen LogP contribution in [0.3, 0.4) is 0 Å². The van der Waals surface area contributed by atoms with E-state index >= 15 is 0 Å². The maximum Gasteiger partial charge on any atom is 0.142 e. The smallest absolute Gasteiger partial charge is 0.142 e. The number of rotatable bonds is 5. The topological polar surface area (TPSA) is 28.7 Å². The zero-order valence-corrected chi connectivity index (χ0v) is 15.1. The minimum atomic E-state index is -0.356. The fourth-order valence-electron chi connectivity index (χ4n) is 3.34. The Morgan fingerprint density at radius 3 is 2.44 bits per heavy atom. The molecule has 0 fully saturated rings. The van der Waals surface area contributed by atoms with Crippen molar-refractivity contribution in [3.63, 3.8) is 0 Å². The fraction of sp³-hybridized carbons (Fsp3) is 0.381. The standard InChI is InChI=1S/C21H24F2N2/c1-12(2)7-18(14-5-6-17(13(3)4)19(23)9-14)20-10-15-8-16(22)11-24-21(15)25-20/h5-6,8-13,18H,7H2,1-4H3,(H,24,25)/t18-/m1/s1. The van der Waals surface area contributed by atoms with Gasteiger partial charge in [0.15, 0.2) is 0 Å². The van der Waals surface area contributed by atoms with Gasteiger partial charge in [0.1, 0.15) is 17.3 Å². The molecular weight excluding hydrogens is 318 g/mol. The third-order valence-electron chi connectivity index (χ3n) is 4.59. The van der Waals surface area contributed by atoms with Crippen LogP contribution < -0.4 is 0 Å². The summed E-state index contributed by atoms with van der Waals surface area (Å²) >= 11 is 0. The van der Waals surface area contributed by atoms with Gasteiger partial charge in [-0.3, -0.25) is 0 Å². The molecule has 2 nitrogen and oxygen atoms in total. The third-order valence-corrected chi connectivity index (χ3v) is 4.59. The number of hydrogen-bond acceptors (Lipinski definition) is 1. The molecule has 1 N–H and O–H groups in total. The van der Waals surface area contributed by atoms with Crippen LogP contribution >= 0.6 is 0 Å². The number of fused-ring (bicyclic) bond motifs is 1. The summed E-state index contributed by atoms with van der Waals surface area (Å²) in [5.74, 6) is 0.0899. The van der Waals surface area contributed by atoms with Gasteiger partial charge in [0.2, 0.25) is 0 Å². The number of nitrogens with zero attached hydrogens (tertiary/aromatic N) is 1. The number of benzene rings is 1. The molecule has 2 heterocycles. The number of aromatic amines is 1. The van der Waals surface area contributed by atoms with E-state index in [9.17, 15) is 8.78 Å². The number of halogens is 2. The first kappa shape index (κ1) is 17.6. The molecule has 0 unspecified atom stereocenters. The second-order valence-electron chi connectivity index (χ2n) is 7.43. The van der Waals surface area contributed by atoms with E-state index in [-0.39, 0.29) is 23.5 Å². The van der Waals surface area contributed by atoms with Gasteiger partial charge in [0.25, 0.3) is 0 Å². The highest BCUT2D eigenvalue weighted by atomic mass is 19.1. The maximum atomic E-state index is 14.5. The van der Waals surface area contributed by atoms with Crippen molar-refractivity contribution < 1.29 is 8.78 Å². The molecular formula is C21H24F2N2. The summed E-state index contributed by atoms with van der Waals surface area (Å²) in [7, 11) is 0. The molecule has 0 aliphatic heterocycles. The van der Waals surface area contributed by atoms with Crippen LogP contribution in [-0.4, -0.2) is 9.97 Å². The summed E-state index contributed by atoms with van der Waals surface area (Å²) in [5, 5.41) is 0.739. The molecule has 0 spiro atoms. The summed E-state index contributed by atoms with van der Waals surface area (Å²) < 4.78 is 27.9. The quantitative estimate of drug-likeness (QED) is 0.592. The Labute approximate surface area is 147 Å². The highest BCUT2D eigenvalue weighted by Gasteiger charge is 2.20. The molecule has 1 aromatic carbocycles. The molecule has 0 amide bonds. The molecule has 4 heteroatoms. The second-order valence-corrected chi connectivity index (χ2v) is 7.43. The van der Waals surface area contributed by atoms with Gasteiger partial charge < -0.3 is 4.98 Å². The van der Waals surface area contributed by atoms with Gasteiger partial charge in [-0.25, -0.2) is 13.8 Å². The Morgan fingerprint density at radius 2 is 1.80 bits per heavy atom. The van der Waals surface area contributed by atoms with Gasteiger partial charge >= 0.3 is 0 Å². The Bertz CT molecular complexity index is 881. The van der Waals surface area contributed by atoms with Gasteiger partial charge in [-0.05, 0) is 47.6 Å². The van der Waals surface area contributed by atoms with E-state index in [0.29, 0.717) is 11.6 Å². The third kappa shape index (κ3) is 3.73. The Morgan fingerprint density at radius 1 is 1.04 bits per heavy atom. The lowest BCUT2D eigenvalue weighted by molar-refractivity contribution is 0.531. The molecule has 1 atom stereocenters. The molecule has 0 bridgehead atoms. The average Bonchev–Trinajstić information content (AvgIpc) is 2.94. The first-order chi connectivity index (χ1) is 11.8. The van der Waals surface area contributed by atoms with Crippen LogP contribution in [0.15, 0.2) is 36.5 Å². The number of hydrogen-bond donors (Lipinski definition) is 1. The second kappa shape index (κ2) is 6.95. The summed E-state index contributed by atoms with van der Waals surface area (Å²) in [6.07, 6.45) is 2.08. The molecule has 132 valence electrons. The van der Waals surface area contributed by atoms with Crippen LogP contribution in [-0.2, 0) is 0 Å². The lowest BCUT2D eigenvalue weighted by Gasteiger charge is -2.20. The largest absolute Gasteiger partial charge is 0.343 e. The van der Waals surface area contributed by atoms with Crippen LogP contribution in [0.25, 0.3) is 11.0 Å². The van der Waals surface area contributed by atoms with Gasteiger partial charge in [-0.2, -0.15) is 0 Å². The van der Waals surface area contributed by atoms with Crippen molar-refractivity contribution in [1.82, 2.24) is 9.97 Å². The molecule has 3 rings (SSSR count). The van der Waals surface area contributed by atoms with Crippen LogP contribution in [0.2, 0.25) is 0 Å². The van der Waals surface area contributed by atoms with Crippen molar-refractivity contribution in [2.24, 2.45) is 5.92 Å². The van der Waals surface area contributed by atoms with Crippen LogP contribution in [0.4, 0.5) is 8.78 Å². The molecule has 2 aromatic heterocycles. The lowest BCUT2D eigenvalue weighted by Crippen LogP contribution is -2.07. The SMILES string of the molecule is CC(C)C[C@H](c1ccc(C(C)C)c(F)c1)c1cc2cc(F)cnc2[nH]1. The van der Waals surface area contributed by atoms with E-state index in [2.05, 4.69) is 23.8 Å². The highest BCUT2D eigenvalue weighted by Crippen LogP contribution is 2.34. The van der Waals surface area contributed by atoms with E-state index < -0.39 is 0 Å². The minimum absolute atomic E-state index is 0.0213. The number of H-pyrrole nitrogens is 1. The van der Waals surface area contributed by atoms with Crippen LogP contribution in [0, 0.1) is 17.6 Å². The molecule has 0 aliphatic carbocycles. The maximum absolute atomic E-state index is 14.5. The normalized spacial score (nSPS) is 13.1. The Balaban J connectivity index is 2.05. The number of nitrogens with one attached hydrogen (secondary N) is 1. The molecule has 3 aromatic rings. The van der Waals surface area contributed by atoms with E-state index in [1.165, 1.54) is 12.3 Å². The van der Waals surface area contributed by atoms with Gasteiger partial charge in [0.05, 0.1) is 6.20 Å². The number of pyridine rings is 1. The monoisotopic (exact) mass is 342 g/mol. The fourth-order valence-corrected chi connectivity index (χ4v) is 3.34. The van der Waals surface area contributed by atoms with Gasteiger partial charge in [-0.1, -0.05) is 39.8 Å². The summed E-state index contributed by atoms with van der Waals surface area (Å²) in [4.78, 5) is 7.39. The Hall–Kier alpha value is -2.23. The van der Waals surface area contributed by atoms with E-state index in [1.54, 1.807) is 6.07 Å². The van der Waals surface area contributed by atoms with Crippen molar-refractivity contribution in [3.8, 4) is 0 Å². The highest BCUT2D eigenvalue weighted by molar-refractivity contribution is 5.76. The van der Waals surface area contributed by atoms with E-state index in [4.69, 9.17) is 0 Å². The van der Waals surface area contributed by atoms with Crippen molar-refractivity contribution in [2.45, 2.75) is 46.0 Å². The summed E-state index contributed by atoms with van der Waals surface area (Å²) in [6, 6.07) is 8.92. The van der Waals surface area contributed by atoms with E-state index in [1.807, 2.05) is 32.0 Å². The van der Waals surface area contributed by atoms with Crippen molar-refractivity contribution in [1.29, 1.82) is 0 Å². The summed E-state index contributed by atoms with van der Waals surface area (Å²) in [5.41, 5.74) is 3.26. The van der Waals surface area contributed by atoms with Crippen LogP contribution in [0.5, 0.6) is 0 Å². The average molecular weight is 342 g/mol. The van der Waals surface area contributed by atoms with Crippen molar-refractivity contribution in [2.75, 3.05) is 0 Å². The Kier molecular flexibility index (Phi) is 4.89. The van der Waals surface area contributed by atoms with Crippen molar-refractivity contribution in [3.05, 3.63) is 65.0 Å².